The van der Waals surface area contributed by atoms with Crippen LogP contribution >= 0.6 is 11.6 Å². The van der Waals surface area contributed by atoms with Crippen LogP contribution in [0.3, 0.4) is 0 Å². The smallest absolute Gasteiger partial charge is 0.378 e. The molecule has 2 heterocycles. The third kappa shape index (κ3) is 3.31. The van der Waals surface area contributed by atoms with E-state index in [4.69, 9.17) is 11.6 Å². The second-order valence-corrected chi connectivity index (χ2v) is 6.77. The number of fused-ring (bicyclic) bond motifs is 3. The van der Waals surface area contributed by atoms with E-state index in [1.807, 2.05) is 6.92 Å². The molecule has 2 aromatic carbocycles. The third-order valence-corrected chi connectivity index (χ3v) is 4.94. The molecule has 0 spiro atoms. The number of anilines is 1. The van der Waals surface area contributed by atoms with Gasteiger partial charge in [-0.2, -0.15) is 13.2 Å². The predicted octanol–water partition coefficient (Wildman–Crippen LogP) is 4.35. The second-order valence-electron chi connectivity index (χ2n) is 6.36. The highest BCUT2D eigenvalue weighted by atomic mass is 35.5. The average molecular weight is 422 g/mol. The lowest BCUT2D eigenvalue weighted by atomic mass is 10.2. The molecule has 0 aliphatic rings. The van der Waals surface area contributed by atoms with E-state index in [0.717, 1.165) is 6.07 Å². The van der Waals surface area contributed by atoms with Gasteiger partial charge >= 0.3 is 6.18 Å². The lowest BCUT2D eigenvalue weighted by Gasteiger charge is -2.13. The summed E-state index contributed by atoms with van der Waals surface area (Å²) in [6, 6.07) is 10.7. The number of rotatable bonds is 4. The normalized spacial score (nSPS) is 12.0. The summed E-state index contributed by atoms with van der Waals surface area (Å²) in [5.41, 5.74) is -0.215. The molecule has 0 aliphatic heterocycles. The van der Waals surface area contributed by atoms with Crippen LogP contribution in [-0.2, 0) is 19.3 Å². The minimum atomic E-state index is -4.55. The summed E-state index contributed by atoms with van der Waals surface area (Å²) in [6.07, 6.45) is -4.55. The van der Waals surface area contributed by atoms with Gasteiger partial charge in [-0.15, -0.1) is 10.2 Å². The fourth-order valence-corrected chi connectivity index (χ4v) is 3.47. The first-order valence-corrected chi connectivity index (χ1v) is 9.15. The van der Waals surface area contributed by atoms with E-state index >= 15 is 0 Å². The van der Waals surface area contributed by atoms with Crippen LogP contribution in [0.4, 0.5) is 18.9 Å². The van der Waals surface area contributed by atoms with Crippen molar-refractivity contribution in [2.45, 2.75) is 26.2 Å². The Morgan fingerprint density at radius 3 is 2.62 bits per heavy atom. The maximum absolute atomic E-state index is 13.1. The first-order valence-electron chi connectivity index (χ1n) is 8.77. The van der Waals surface area contributed by atoms with Crippen LogP contribution in [0.5, 0.6) is 0 Å². The summed E-state index contributed by atoms with van der Waals surface area (Å²) in [7, 11) is 0. The van der Waals surface area contributed by atoms with E-state index in [0.29, 0.717) is 29.0 Å². The Hall–Kier alpha value is -3.07. The van der Waals surface area contributed by atoms with Crippen LogP contribution in [0, 0.1) is 0 Å². The predicted molar refractivity (Wildman–Crippen MR) is 104 cm³/mol. The van der Waals surface area contributed by atoms with E-state index in [2.05, 4.69) is 15.5 Å². The molecule has 6 nitrogen and oxygen atoms in total. The van der Waals surface area contributed by atoms with Gasteiger partial charge in [-0.25, -0.2) is 0 Å². The van der Waals surface area contributed by atoms with Gasteiger partial charge < -0.3 is 5.32 Å². The lowest BCUT2D eigenvalue weighted by Crippen LogP contribution is -2.23. The fourth-order valence-electron chi connectivity index (χ4n) is 3.25. The van der Waals surface area contributed by atoms with Crippen LogP contribution in [0.25, 0.3) is 16.7 Å². The summed E-state index contributed by atoms with van der Waals surface area (Å²) < 4.78 is 42.5. The Kier molecular flexibility index (Phi) is 4.70. The van der Waals surface area contributed by atoms with E-state index in [1.165, 1.54) is 16.7 Å². The Bertz CT molecular complexity index is 1280. The number of alkyl halides is 3. The molecule has 0 unspecified atom stereocenters. The summed E-state index contributed by atoms with van der Waals surface area (Å²) in [5, 5.41) is 11.3. The first-order chi connectivity index (χ1) is 13.8. The molecule has 0 radical (unpaired) electrons. The van der Waals surface area contributed by atoms with Crippen molar-refractivity contribution in [1.29, 1.82) is 0 Å². The Labute approximate surface area is 167 Å². The van der Waals surface area contributed by atoms with E-state index in [9.17, 15) is 18.0 Å². The maximum Gasteiger partial charge on any atom is 0.417 e. The van der Waals surface area contributed by atoms with Gasteiger partial charge in [0.05, 0.1) is 28.0 Å². The van der Waals surface area contributed by atoms with Gasteiger partial charge in [0.1, 0.15) is 0 Å². The largest absolute Gasteiger partial charge is 0.417 e. The van der Waals surface area contributed by atoms with Crippen LogP contribution in [0.1, 0.15) is 18.3 Å². The maximum atomic E-state index is 13.1. The molecule has 0 aliphatic carbocycles. The monoisotopic (exact) mass is 421 g/mol. The van der Waals surface area contributed by atoms with Gasteiger partial charge in [0, 0.05) is 12.2 Å². The molecule has 150 valence electrons. The van der Waals surface area contributed by atoms with E-state index < -0.39 is 11.7 Å². The molecule has 0 bridgehead atoms. The highest BCUT2D eigenvalue weighted by molar-refractivity contribution is 6.31. The summed E-state index contributed by atoms with van der Waals surface area (Å²) in [6.45, 7) is 2.34. The summed E-state index contributed by atoms with van der Waals surface area (Å²) in [5.74, 6) is 0.835. The summed E-state index contributed by atoms with van der Waals surface area (Å²) in [4.78, 5) is 12.7. The number of halogens is 4. The van der Waals surface area contributed by atoms with Gasteiger partial charge in [0.15, 0.2) is 5.82 Å². The van der Waals surface area contributed by atoms with Crippen molar-refractivity contribution in [2.75, 3.05) is 5.32 Å². The topological polar surface area (TPSA) is 64.2 Å². The number of aryl methyl sites for hydroxylation is 1. The number of hydrogen-bond acceptors (Lipinski definition) is 4. The Balaban J connectivity index is 1.77. The highest BCUT2D eigenvalue weighted by Gasteiger charge is 2.33. The van der Waals surface area contributed by atoms with Crippen molar-refractivity contribution in [3.05, 3.63) is 69.2 Å². The van der Waals surface area contributed by atoms with Crippen molar-refractivity contribution in [3.8, 4) is 0 Å². The van der Waals surface area contributed by atoms with Gasteiger partial charge in [-0.3, -0.25) is 13.8 Å². The molecule has 29 heavy (non-hydrogen) atoms. The summed E-state index contributed by atoms with van der Waals surface area (Å²) >= 11 is 5.67. The zero-order valence-corrected chi connectivity index (χ0v) is 15.9. The van der Waals surface area contributed by atoms with Crippen molar-refractivity contribution in [2.24, 2.45) is 0 Å². The van der Waals surface area contributed by atoms with Crippen molar-refractivity contribution < 1.29 is 13.2 Å². The second kappa shape index (κ2) is 7.07. The first kappa shape index (κ1) is 19.3. The number of benzene rings is 2. The molecule has 0 fully saturated rings. The fraction of sp³-hybridized carbons (Fsp3) is 0.211. The van der Waals surface area contributed by atoms with Gasteiger partial charge in [-0.05, 0) is 37.3 Å². The minimum absolute atomic E-state index is 0.103. The van der Waals surface area contributed by atoms with Gasteiger partial charge in [0.25, 0.3) is 5.56 Å². The van der Waals surface area contributed by atoms with E-state index in [1.54, 1.807) is 28.7 Å². The van der Waals surface area contributed by atoms with Crippen molar-refractivity contribution >= 4 is 34.0 Å². The molecule has 0 saturated heterocycles. The molecule has 0 saturated carbocycles. The highest BCUT2D eigenvalue weighted by Crippen LogP contribution is 2.36. The lowest BCUT2D eigenvalue weighted by molar-refractivity contribution is -0.137. The van der Waals surface area contributed by atoms with Crippen LogP contribution in [0.15, 0.2) is 47.3 Å². The SMILES string of the molecule is CCn1c(=O)c2ccccc2n2c(CNc3ccc(Cl)c(C(F)(F)F)c3)nnc12. The molecular weight excluding hydrogens is 407 g/mol. The van der Waals surface area contributed by atoms with E-state index in [-0.39, 0.29) is 22.8 Å². The third-order valence-electron chi connectivity index (χ3n) is 4.61. The van der Waals surface area contributed by atoms with Crippen LogP contribution < -0.4 is 10.9 Å². The molecule has 10 heteroatoms. The molecule has 4 aromatic rings. The van der Waals surface area contributed by atoms with Gasteiger partial charge in [0.2, 0.25) is 5.78 Å². The van der Waals surface area contributed by atoms with Gasteiger partial charge in [-0.1, -0.05) is 23.7 Å². The molecular formula is C19H15ClF3N5O. The molecule has 0 atom stereocenters. The molecule has 4 rings (SSSR count). The van der Waals surface area contributed by atoms with Crippen molar-refractivity contribution in [3.63, 3.8) is 0 Å². The Morgan fingerprint density at radius 1 is 1.14 bits per heavy atom. The molecule has 1 N–H and O–H groups in total. The zero-order chi connectivity index (χ0) is 20.8. The number of nitrogens with zero attached hydrogens (tertiary/aromatic N) is 4. The molecule has 2 aromatic heterocycles. The standard InChI is InChI=1S/C19H15ClF3N5O/c1-2-27-17(29)12-5-3-4-6-15(12)28-16(25-26-18(27)28)10-24-11-7-8-14(20)13(9-11)19(21,22)23/h3-9,24H,2,10H2,1H3. The van der Waals surface area contributed by atoms with Crippen molar-refractivity contribution in [1.82, 2.24) is 19.2 Å². The minimum Gasteiger partial charge on any atom is -0.378 e. The van der Waals surface area contributed by atoms with Crippen LogP contribution in [-0.4, -0.2) is 19.2 Å². The molecule has 0 amide bonds. The number of nitrogens with one attached hydrogen (secondary N) is 1. The average Bonchev–Trinajstić information content (AvgIpc) is 3.11. The number of hydrogen-bond donors (Lipinski definition) is 1. The zero-order valence-electron chi connectivity index (χ0n) is 15.2. The van der Waals surface area contributed by atoms with Crippen LogP contribution in [0.2, 0.25) is 5.02 Å². The quantitative estimate of drug-likeness (QED) is 0.532. The number of aromatic nitrogens is 4. The number of para-hydroxylation sites is 1. The Morgan fingerprint density at radius 2 is 1.90 bits per heavy atom.